The van der Waals surface area contributed by atoms with Crippen LogP contribution in [0.3, 0.4) is 0 Å². The van der Waals surface area contributed by atoms with Crippen LogP contribution >= 0.6 is 0 Å². The molecule has 0 aromatic heterocycles. The molecule has 1 heterocycles. The summed E-state index contributed by atoms with van der Waals surface area (Å²) in [5, 5.41) is 3.22. The maximum absolute atomic E-state index is 3.22. The van der Waals surface area contributed by atoms with Gasteiger partial charge >= 0.3 is 0 Å². The van der Waals surface area contributed by atoms with Crippen LogP contribution in [0.25, 0.3) is 0 Å². The van der Waals surface area contributed by atoms with Crippen molar-refractivity contribution >= 4 is 0 Å². The molecule has 0 bridgehead atoms. The summed E-state index contributed by atoms with van der Waals surface area (Å²) in [6, 6.07) is 0.780. The molecule has 0 spiro atoms. The van der Waals surface area contributed by atoms with Crippen LogP contribution in [0.1, 0.15) is 40.0 Å². The van der Waals surface area contributed by atoms with Crippen molar-refractivity contribution in [2.75, 3.05) is 26.7 Å². The van der Waals surface area contributed by atoms with Crippen LogP contribution in [-0.4, -0.2) is 37.6 Å². The number of nitrogens with one attached hydrogen (secondary N) is 1. The Labute approximate surface area is 95.4 Å². The summed E-state index contributed by atoms with van der Waals surface area (Å²) in [6.07, 6.45) is 4.06. The predicted octanol–water partition coefficient (Wildman–Crippen LogP) is 2.35. The minimum atomic E-state index is 0.780. The molecule has 0 saturated carbocycles. The zero-order valence-corrected chi connectivity index (χ0v) is 10.9. The van der Waals surface area contributed by atoms with Crippen molar-refractivity contribution in [1.82, 2.24) is 10.2 Å². The Balaban J connectivity index is 2.21. The van der Waals surface area contributed by atoms with Crippen LogP contribution in [0.2, 0.25) is 0 Å². The lowest BCUT2D eigenvalue weighted by Crippen LogP contribution is -2.32. The van der Waals surface area contributed by atoms with Crippen molar-refractivity contribution in [3.63, 3.8) is 0 Å². The topological polar surface area (TPSA) is 15.3 Å². The van der Waals surface area contributed by atoms with Gasteiger partial charge < -0.3 is 10.2 Å². The SMILES string of the molecule is CNCCCC(C)N1CCC(C(C)C)C1. The van der Waals surface area contributed by atoms with E-state index in [1.165, 1.54) is 32.4 Å². The molecule has 2 atom stereocenters. The lowest BCUT2D eigenvalue weighted by Gasteiger charge is -2.25. The highest BCUT2D eigenvalue weighted by molar-refractivity contribution is 4.81. The Bertz CT molecular complexity index is 168. The molecule has 1 fully saturated rings. The maximum atomic E-state index is 3.22. The van der Waals surface area contributed by atoms with Gasteiger partial charge in [-0.2, -0.15) is 0 Å². The molecular formula is C13H28N2. The summed E-state index contributed by atoms with van der Waals surface area (Å²) in [7, 11) is 2.04. The lowest BCUT2D eigenvalue weighted by atomic mass is 9.95. The average molecular weight is 212 g/mol. The van der Waals surface area contributed by atoms with Crippen molar-refractivity contribution in [1.29, 1.82) is 0 Å². The molecule has 0 aromatic carbocycles. The fourth-order valence-electron chi connectivity index (χ4n) is 2.52. The van der Waals surface area contributed by atoms with Gasteiger partial charge in [-0.1, -0.05) is 13.8 Å². The number of nitrogens with zero attached hydrogens (tertiary/aromatic N) is 1. The first kappa shape index (κ1) is 13.0. The fraction of sp³-hybridized carbons (Fsp3) is 1.00. The van der Waals surface area contributed by atoms with Gasteiger partial charge in [-0.05, 0) is 58.2 Å². The Morgan fingerprint density at radius 2 is 2.07 bits per heavy atom. The molecule has 0 amide bonds. The monoisotopic (exact) mass is 212 g/mol. The molecule has 0 aromatic rings. The summed E-state index contributed by atoms with van der Waals surface area (Å²) >= 11 is 0. The molecule has 1 rings (SSSR count). The molecule has 2 nitrogen and oxygen atoms in total. The van der Waals surface area contributed by atoms with Crippen molar-refractivity contribution < 1.29 is 0 Å². The quantitative estimate of drug-likeness (QED) is 0.680. The Hall–Kier alpha value is -0.0800. The lowest BCUT2D eigenvalue weighted by molar-refractivity contribution is 0.226. The zero-order valence-electron chi connectivity index (χ0n) is 10.9. The number of rotatable bonds is 6. The van der Waals surface area contributed by atoms with E-state index in [2.05, 4.69) is 31.0 Å². The van der Waals surface area contributed by atoms with Gasteiger partial charge in [0.25, 0.3) is 0 Å². The highest BCUT2D eigenvalue weighted by Gasteiger charge is 2.27. The van der Waals surface area contributed by atoms with Crippen LogP contribution in [0.4, 0.5) is 0 Å². The summed E-state index contributed by atoms with van der Waals surface area (Å²) in [5.74, 6) is 1.80. The van der Waals surface area contributed by atoms with Gasteiger partial charge in [-0.15, -0.1) is 0 Å². The summed E-state index contributed by atoms with van der Waals surface area (Å²) in [6.45, 7) is 10.9. The first-order valence-electron chi connectivity index (χ1n) is 6.53. The Kier molecular flexibility index (Phi) is 5.62. The third kappa shape index (κ3) is 4.12. The predicted molar refractivity (Wildman–Crippen MR) is 67.1 cm³/mol. The first-order chi connectivity index (χ1) is 7.15. The van der Waals surface area contributed by atoms with Crippen molar-refractivity contribution in [3.8, 4) is 0 Å². The second-order valence-electron chi connectivity index (χ2n) is 5.38. The summed E-state index contributed by atoms with van der Waals surface area (Å²) in [5.41, 5.74) is 0. The van der Waals surface area contributed by atoms with Gasteiger partial charge in [0.2, 0.25) is 0 Å². The molecule has 1 aliphatic rings. The molecule has 2 unspecified atom stereocenters. The number of hydrogen-bond acceptors (Lipinski definition) is 2. The third-order valence-corrected chi connectivity index (χ3v) is 3.87. The van der Waals surface area contributed by atoms with Gasteiger partial charge in [0, 0.05) is 12.6 Å². The van der Waals surface area contributed by atoms with Gasteiger partial charge in [-0.3, -0.25) is 0 Å². The van der Waals surface area contributed by atoms with Crippen LogP contribution in [0.5, 0.6) is 0 Å². The van der Waals surface area contributed by atoms with Gasteiger partial charge in [0.1, 0.15) is 0 Å². The standard InChI is InChI=1S/C13H28N2/c1-11(2)13-7-9-15(10-13)12(3)6-5-8-14-4/h11-14H,5-10H2,1-4H3. The Morgan fingerprint density at radius 1 is 1.33 bits per heavy atom. The molecule has 2 heteroatoms. The van der Waals surface area contributed by atoms with E-state index in [9.17, 15) is 0 Å². The second kappa shape index (κ2) is 6.49. The van der Waals surface area contributed by atoms with E-state index < -0.39 is 0 Å². The summed E-state index contributed by atoms with van der Waals surface area (Å²) in [4.78, 5) is 2.68. The van der Waals surface area contributed by atoms with Crippen LogP contribution < -0.4 is 5.32 Å². The number of likely N-dealkylation sites (tertiary alicyclic amines) is 1. The average Bonchev–Trinajstić information content (AvgIpc) is 2.66. The van der Waals surface area contributed by atoms with Crippen molar-refractivity contribution in [3.05, 3.63) is 0 Å². The van der Waals surface area contributed by atoms with E-state index in [1.54, 1.807) is 0 Å². The molecule has 0 aliphatic carbocycles. The number of hydrogen-bond donors (Lipinski definition) is 1. The molecule has 90 valence electrons. The minimum Gasteiger partial charge on any atom is -0.320 e. The van der Waals surface area contributed by atoms with Gasteiger partial charge in [-0.25, -0.2) is 0 Å². The van der Waals surface area contributed by atoms with Gasteiger partial charge in [0.15, 0.2) is 0 Å². The Morgan fingerprint density at radius 3 is 2.60 bits per heavy atom. The largest absolute Gasteiger partial charge is 0.320 e. The smallest absolute Gasteiger partial charge is 0.00675 e. The van der Waals surface area contributed by atoms with Crippen LogP contribution in [0, 0.1) is 11.8 Å². The highest BCUT2D eigenvalue weighted by Crippen LogP contribution is 2.25. The second-order valence-corrected chi connectivity index (χ2v) is 5.38. The maximum Gasteiger partial charge on any atom is 0.00675 e. The van der Waals surface area contributed by atoms with E-state index in [1.807, 2.05) is 7.05 Å². The van der Waals surface area contributed by atoms with Crippen molar-refractivity contribution in [2.24, 2.45) is 11.8 Å². The first-order valence-corrected chi connectivity index (χ1v) is 6.53. The zero-order chi connectivity index (χ0) is 11.3. The molecule has 1 aliphatic heterocycles. The molecule has 0 radical (unpaired) electrons. The van der Waals surface area contributed by atoms with Crippen LogP contribution in [-0.2, 0) is 0 Å². The van der Waals surface area contributed by atoms with E-state index in [4.69, 9.17) is 0 Å². The molecule has 15 heavy (non-hydrogen) atoms. The third-order valence-electron chi connectivity index (χ3n) is 3.87. The highest BCUT2D eigenvalue weighted by atomic mass is 15.2. The van der Waals surface area contributed by atoms with E-state index >= 15 is 0 Å². The molecular weight excluding hydrogens is 184 g/mol. The van der Waals surface area contributed by atoms with Crippen molar-refractivity contribution in [2.45, 2.75) is 46.1 Å². The van der Waals surface area contributed by atoms with Crippen LogP contribution in [0.15, 0.2) is 0 Å². The van der Waals surface area contributed by atoms with E-state index in [0.717, 1.165) is 24.4 Å². The molecule has 1 N–H and O–H groups in total. The normalized spacial score (nSPS) is 25.0. The van der Waals surface area contributed by atoms with E-state index in [0.29, 0.717) is 0 Å². The minimum absolute atomic E-state index is 0.780. The fourth-order valence-corrected chi connectivity index (χ4v) is 2.52. The van der Waals surface area contributed by atoms with E-state index in [-0.39, 0.29) is 0 Å². The van der Waals surface area contributed by atoms with Gasteiger partial charge in [0.05, 0.1) is 0 Å². The molecule has 1 saturated heterocycles. The summed E-state index contributed by atoms with van der Waals surface area (Å²) < 4.78 is 0.